The predicted octanol–water partition coefficient (Wildman–Crippen LogP) is 6.87. The fraction of sp³-hybridized carbons (Fsp3) is 0.333. The summed E-state index contributed by atoms with van der Waals surface area (Å²) in [6.45, 7) is 8.27. The first-order chi connectivity index (χ1) is 19.2. The molecule has 7 nitrogen and oxygen atoms in total. The second-order valence-electron chi connectivity index (χ2n) is 10.6. The van der Waals surface area contributed by atoms with E-state index < -0.39 is 34.1 Å². The number of sulfonamides is 1. The van der Waals surface area contributed by atoms with Crippen molar-refractivity contribution in [2.24, 2.45) is 0 Å². The fourth-order valence-corrected chi connectivity index (χ4v) is 6.50. The number of hydrogen-bond donors (Lipinski definition) is 1. The standard InChI is InChI=1S/C30H34Cl3N3O4S/c1-6-26(29(38)34-30(3,4)5)35(18-22-24(32)15-10-16-25(22)33)28(37)19-36(27-17-11-14-23(31)20(27)2)41(39,40)21-12-8-7-9-13-21/h7-17,26H,6,18-19H2,1-5H3,(H,34,38)/t26-/m0/s1. The van der Waals surface area contributed by atoms with Crippen LogP contribution in [-0.2, 0) is 26.2 Å². The van der Waals surface area contributed by atoms with E-state index in [-0.39, 0.29) is 29.5 Å². The lowest BCUT2D eigenvalue weighted by atomic mass is 10.1. The highest BCUT2D eigenvalue weighted by Crippen LogP contribution is 2.32. The van der Waals surface area contributed by atoms with Crippen LogP contribution in [0, 0.1) is 6.92 Å². The Balaban J connectivity index is 2.15. The molecule has 0 radical (unpaired) electrons. The Kier molecular flexibility index (Phi) is 10.7. The molecule has 0 saturated carbocycles. The first-order valence-corrected chi connectivity index (χ1v) is 15.6. The quantitative estimate of drug-likeness (QED) is 0.263. The van der Waals surface area contributed by atoms with E-state index in [9.17, 15) is 18.0 Å². The lowest BCUT2D eigenvalue weighted by molar-refractivity contribution is -0.141. The summed E-state index contributed by atoms with van der Waals surface area (Å²) in [6, 6.07) is 16.7. The van der Waals surface area contributed by atoms with Gasteiger partial charge >= 0.3 is 0 Å². The first kappa shape index (κ1) is 32.7. The Labute approximate surface area is 257 Å². The zero-order valence-corrected chi connectivity index (χ0v) is 26.7. The van der Waals surface area contributed by atoms with Gasteiger partial charge in [-0.3, -0.25) is 13.9 Å². The van der Waals surface area contributed by atoms with Crippen LogP contribution in [0.5, 0.6) is 0 Å². The number of anilines is 1. The fourth-order valence-electron chi connectivity index (χ4n) is 4.33. The maximum absolute atomic E-state index is 14.2. The molecule has 1 N–H and O–H groups in total. The van der Waals surface area contributed by atoms with E-state index in [0.29, 0.717) is 26.2 Å². The van der Waals surface area contributed by atoms with Crippen molar-refractivity contribution in [2.75, 3.05) is 10.8 Å². The maximum atomic E-state index is 14.2. The van der Waals surface area contributed by atoms with Crippen LogP contribution in [0.4, 0.5) is 5.69 Å². The lowest BCUT2D eigenvalue weighted by Gasteiger charge is -2.35. The van der Waals surface area contributed by atoms with Gasteiger partial charge in [-0.15, -0.1) is 0 Å². The third kappa shape index (κ3) is 7.95. The third-order valence-corrected chi connectivity index (χ3v) is 9.28. The van der Waals surface area contributed by atoms with Crippen LogP contribution in [0.15, 0.2) is 71.6 Å². The van der Waals surface area contributed by atoms with Gasteiger partial charge in [-0.2, -0.15) is 0 Å². The van der Waals surface area contributed by atoms with E-state index in [2.05, 4.69) is 5.32 Å². The molecule has 0 heterocycles. The van der Waals surface area contributed by atoms with Gasteiger partial charge in [0.15, 0.2) is 0 Å². The number of nitrogens with one attached hydrogen (secondary N) is 1. The van der Waals surface area contributed by atoms with Gasteiger partial charge in [0.1, 0.15) is 12.6 Å². The number of carbonyl (C=O) groups is 2. The first-order valence-electron chi connectivity index (χ1n) is 13.0. The highest BCUT2D eigenvalue weighted by atomic mass is 35.5. The molecule has 3 aromatic rings. The molecule has 11 heteroatoms. The molecular formula is C30H34Cl3N3O4S. The van der Waals surface area contributed by atoms with Crippen molar-refractivity contribution in [3.05, 3.63) is 92.9 Å². The van der Waals surface area contributed by atoms with E-state index in [4.69, 9.17) is 34.8 Å². The van der Waals surface area contributed by atoms with Crippen molar-refractivity contribution in [1.82, 2.24) is 10.2 Å². The van der Waals surface area contributed by atoms with Gasteiger partial charge in [-0.1, -0.05) is 72.1 Å². The van der Waals surface area contributed by atoms with Crippen molar-refractivity contribution < 1.29 is 18.0 Å². The monoisotopic (exact) mass is 637 g/mol. The maximum Gasteiger partial charge on any atom is 0.264 e. The summed E-state index contributed by atoms with van der Waals surface area (Å²) in [7, 11) is -4.22. The summed E-state index contributed by atoms with van der Waals surface area (Å²) in [4.78, 5) is 29.0. The van der Waals surface area contributed by atoms with Crippen molar-refractivity contribution in [1.29, 1.82) is 0 Å². The smallest absolute Gasteiger partial charge is 0.264 e. The van der Waals surface area contributed by atoms with Gasteiger partial charge in [0.05, 0.1) is 10.6 Å². The van der Waals surface area contributed by atoms with E-state index in [1.54, 1.807) is 68.4 Å². The van der Waals surface area contributed by atoms with Gasteiger partial charge in [-0.05, 0) is 76.1 Å². The molecule has 3 rings (SSSR count). The Morgan fingerprint density at radius 2 is 1.44 bits per heavy atom. The van der Waals surface area contributed by atoms with Crippen LogP contribution in [0.3, 0.4) is 0 Å². The summed E-state index contributed by atoms with van der Waals surface area (Å²) < 4.78 is 29.0. The zero-order valence-electron chi connectivity index (χ0n) is 23.6. The molecule has 3 aromatic carbocycles. The van der Waals surface area contributed by atoms with E-state index in [1.165, 1.54) is 17.0 Å². The molecule has 41 heavy (non-hydrogen) atoms. The van der Waals surface area contributed by atoms with Crippen LogP contribution in [0.25, 0.3) is 0 Å². The van der Waals surface area contributed by atoms with Crippen molar-refractivity contribution in [3.8, 4) is 0 Å². The molecule has 0 aromatic heterocycles. The minimum atomic E-state index is -4.22. The minimum Gasteiger partial charge on any atom is -0.350 e. The lowest BCUT2D eigenvalue weighted by Crippen LogP contribution is -2.55. The van der Waals surface area contributed by atoms with E-state index >= 15 is 0 Å². The van der Waals surface area contributed by atoms with Gasteiger partial charge in [0.25, 0.3) is 10.0 Å². The summed E-state index contributed by atoms with van der Waals surface area (Å²) in [5.74, 6) is -0.997. The zero-order chi connectivity index (χ0) is 30.5. The van der Waals surface area contributed by atoms with Crippen LogP contribution < -0.4 is 9.62 Å². The molecule has 2 amide bonds. The summed E-state index contributed by atoms with van der Waals surface area (Å²) in [5.41, 5.74) is 0.613. The van der Waals surface area contributed by atoms with E-state index in [0.717, 1.165) is 4.31 Å². The van der Waals surface area contributed by atoms with Crippen LogP contribution in [0.1, 0.15) is 45.2 Å². The second kappa shape index (κ2) is 13.5. The Morgan fingerprint density at radius 3 is 2.00 bits per heavy atom. The van der Waals surface area contributed by atoms with Gasteiger partial charge in [0, 0.05) is 32.7 Å². The predicted molar refractivity (Wildman–Crippen MR) is 166 cm³/mol. The summed E-state index contributed by atoms with van der Waals surface area (Å²) in [5, 5.41) is 3.92. The molecule has 0 aliphatic carbocycles. The number of amides is 2. The van der Waals surface area contributed by atoms with Gasteiger partial charge in [-0.25, -0.2) is 8.42 Å². The molecule has 0 unspecified atom stereocenters. The van der Waals surface area contributed by atoms with Crippen LogP contribution in [0.2, 0.25) is 15.1 Å². The summed E-state index contributed by atoms with van der Waals surface area (Å²) in [6.07, 6.45) is 0.261. The van der Waals surface area contributed by atoms with Gasteiger partial charge in [0.2, 0.25) is 11.8 Å². The number of nitrogens with zero attached hydrogens (tertiary/aromatic N) is 2. The number of hydrogen-bond acceptors (Lipinski definition) is 4. The molecule has 0 aliphatic rings. The topological polar surface area (TPSA) is 86.8 Å². The number of rotatable bonds is 10. The van der Waals surface area contributed by atoms with Crippen LogP contribution >= 0.6 is 34.8 Å². The van der Waals surface area contributed by atoms with E-state index in [1.807, 2.05) is 20.8 Å². The molecule has 0 fully saturated rings. The third-order valence-electron chi connectivity index (χ3n) is 6.39. The van der Waals surface area contributed by atoms with Crippen molar-refractivity contribution in [3.63, 3.8) is 0 Å². The largest absolute Gasteiger partial charge is 0.350 e. The Bertz CT molecular complexity index is 1490. The van der Waals surface area contributed by atoms with Crippen molar-refractivity contribution >= 4 is 62.3 Å². The van der Waals surface area contributed by atoms with Crippen molar-refractivity contribution in [2.45, 2.75) is 64.1 Å². The molecular weight excluding hydrogens is 605 g/mol. The number of carbonyl (C=O) groups excluding carboxylic acids is 2. The Hall–Kier alpha value is -2.78. The van der Waals surface area contributed by atoms with Gasteiger partial charge < -0.3 is 10.2 Å². The molecule has 1 atom stereocenters. The average molecular weight is 639 g/mol. The minimum absolute atomic E-state index is 0.00499. The number of halogens is 3. The average Bonchev–Trinajstić information content (AvgIpc) is 2.90. The SMILES string of the molecule is CC[C@@H](C(=O)NC(C)(C)C)N(Cc1c(Cl)cccc1Cl)C(=O)CN(c1cccc(Cl)c1C)S(=O)(=O)c1ccccc1. The van der Waals surface area contributed by atoms with Crippen LogP contribution in [-0.4, -0.2) is 43.3 Å². The molecule has 220 valence electrons. The normalized spacial score (nSPS) is 12.5. The second-order valence-corrected chi connectivity index (χ2v) is 13.7. The Morgan fingerprint density at radius 1 is 0.878 bits per heavy atom. The molecule has 0 spiro atoms. The molecule has 0 bridgehead atoms. The highest BCUT2D eigenvalue weighted by molar-refractivity contribution is 7.92. The molecule has 0 saturated heterocycles. The highest BCUT2D eigenvalue weighted by Gasteiger charge is 2.35. The molecule has 0 aliphatic heterocycles. The summed E-state index contributed by atoms with van der Waals surface area (Å²) >= 11 is 19.3. The number of benzene rings is 3.